The fourth-order valence-corrected chi connectivity index (χ4v) is 3.83. The summed E-state index contributed by atoms with van der Waals surface area (Å²) in [4.78, 5) is 0. The summed E-state index contributed by atoms with van der Waals surface area (Å²) in [5.74, 6) is 0. The van der Waals surface area contributed by atoms with E-state index in [-0.39, 0.29) is 35.7 Å². The maximum atomic E-state index is 11.3. The van der Waals surface area contributed by atoms with Gasteiger partial charge in [0.25, 0.3) is 0 Å². The summed E-state index contributed by atoms with van der Waals surface area (Å²) < 4.78 is 33.8. The third-order valence-electron chi connectivity index (χ3n) is 4.49. The van der Waals surface area contributed by atoms with Crippen LogP contribution in [-0.4, -0.2) is 29.4 Å². The van der Waals surface area contributed by atoms with Crippen molar-refractivity contribution in [2.24, 2.45) is 0 Å². The summed E-state index contributed by atoms with van der Waals surface area (Å²) in [5, 5.41) is 9.06. The Bertz CT molecular complexity index is 360. The molecule has 140 valence electrons. The van der Waals surface area contributed by atoms with Gasteiger partial charge in [0.15, 0.2) is 0 Å². The normalized spacial score (nSPS) is 14.2. The van der Waals surface area contributed by atoms with Crippen LogP contribution >= 0.6 is 0 Å². The second-order valence-corrected chi connectivity index (χ2v) is 8.40. The molecule has 0 saturated carbocycles. The van der Waals surface area contributed by atoms with E-state index in [1.54, 1.807) is 0 Å². The third kappa shape index (κ3) is 16.3. The number of rotatable bonds is 16. The molecule has 0 aliphatic rings. The fraction of sp³-hybridized carbons (Fsp3) is 1.00. The molecule has 0 rings (SSSR count). The first-order valence-electron chi connectivity index (χ1n) is 9.54. The molecule has 0 bridgehead atoms. The van der Waals surface area contributed by atoms with E-state index in [0.717, 1.165) is 77.0 Å². The Hall–Kier alpha value is 0.870. The largest absolute Gasteiger partial charge is 1.00 e. The van der Waals surface area contributed by atoms with Crippen LogP contribution in [0, 0.1) is 0 Å². The zero-order chi connectivity index (χ0) is 17.6. The summed E-state index contributed by atoms with van der Waals surface area (Å²) in [6, 6.07) is 0. The number of aliphatic hydroxyl groups is 1. The van der Waals surface area contributed by atoms with Crippen molar-refractivity contribution in [1.82, 2.24) is 0 Å². The molecule has 0 aromatic carbocycles. The Labute approximate surface area is 172 Å². The second kappa shape index (κ2) is 17.3. The minimum atomic E-state index is -4.15. The predicted molar refractivity (Wildman–Crippen MR) is 95.5 cm³/mol. The molecule has 0 aliphatic carbocycles. The second-order valence-electron chi connectivity index (χ2n) is 6.75. The third-order valence-corrected chi connectivity index (χ3v) is 5.78. The number of aliphatic hydroxyl groups excluding tert-OH is 1. The first-order valence-corrected chi connectivity index (χ1v) is 11.0. The Balaban J connectivity index is 0. The quantitative estimate of drug-likeness (QED) is 0.254. The van der Waals surface area contributed by atoms with Gasteiger partial charge in [0.05, 0.1) is 16.2 Å². The summed E-state index contributed by atoms with van der Waals surface area (Å²) in [7, 11) is -4.15. The van der Waals surface area contributed by atoms with E-state index >= 15 is 0 Å². The molecule has 2 atom stereocenters. The Morgan fingerprint density at radius 1 is 0.750 bits per heavy atom. The number of hydrogen-bond donors (Lipinski definition) is 1. The van der Waals surface area contributed by atoms with Crippen molar-refractivity contribution >= 4 is 10.1 Å². The monoisotopic (exact) mass is 372 g/mol. The van der Waals surface area contributed by atoms with Crippen molar-refractivity contribution in [2.75, 3.05) is 0 Å². The average Bonchev–Trinajstić information content (AvgIpc) is 2.49. The molecule has 0 spiro atoms. The molecule has 0 aromatic rings. The molecule has 2 unspecified atom stereocenters. The van der Waals surface area contributed by atoms with Crippen LogP contribution in [0.2, 0.25) is 0 Å². The van der Waals surface area contributed by atoms with Gasteiger partial charge in [-0.15, -0.1) is 0 Å². The van der Waals surface area contributed by atoms with Gasteiger partial charge in [-0.25, -0.2) is 8.42 Å². The Morgan fingerprint density at radius 3 is 1.67 bits per heavy atom. The van der Waals surface area contributed by atoms with E-state index in [2.05, 4.69) is 13.8 Å². The summed E-state index contributed by atoms with van der Waals surface area (Å²) in [6.45, 7) is 4.20. The van der Waals surface area contributed by atoms with Crippen LogP contribution < -0.4 is 29.6 Å². The van der Waals surface area contributed by atoms with Crippen LogP contribution in [-0.2, 0) is 10.1 Å². The standard InChI is InChI=1S/C18H38O4S.Na/c1-3-5-10-15-18(23(20,21)22)16-12-9-7-8-11-14-17(19)13-6-4-2;/h17-19H,3-16H2,1-2H3,(H,20,21,22);/q;+1/p-1. The van der Waals surface area contributed by atoms with Gasteiger partial charge in [0.1, 0.15) is 0 Å². The van der Waals surface area contributed by atoms with Crippen LogP contribution in [0.3, 0.4) is 0 Å². The summed E-state index contributed by atoms with van der Waals surface area (Å²) >= 11 is 0. The van der Waals surface area contributed by atoms with E-state index in [1.165, 1.54) is 0 Å². The number of unbranched alkanes of at least 4 members (excludes halogenated alkanes) is 7. The van der Waals surface area contributed by atoms with Crippen molar-refractivity contribution in [3.05, 3.63) is 0 Å². The molecule has 6 heteroatoms. The number of hydrogen-bond acceptors (Lipinski definition) is 4. The van der Waals surface area contributed by atoms with Gasteiger partial charge in [0, 0.05) is 5.25 Å². The molecule has 24 heavy (non-hydrogen) atoms. The first-order chi connectivity index (χ1) is 10.9. The van der Waals surface area contributed by atoms with Crippen molar-refractivity contribution in [1.29, 1.82) is 0 Å². The van der Waals surface area contributed by atoms with Crippen molar-refractivity contribution < 1.29 is 47.6 Å². The van der Waals surface area contributed by atoms with Gasteiger partial charge >= 0.3 is 29.6 Å². The molecule has 0 radical (unpaired) electrons. The fourth-order valence-electron chi connectivity index (χ4n) is 2.92. The van der Waals surface area contributed by atoms with Gasteiger partial charge in [-0.3, -0.25) is 0 Å². The van der Waals surface area contributed by atoms with E-state index in [9.17, 15) is 18.1 Å². The van der Waals surface area contributed by atoms with Gasteiger partial charge in [0.2, 0.25) is 0 Å². The maximum absolute atomic E-state index is 11.3. The van der Waals surface area contributed by atoms with Crippen LogP contribution in [0.4, 0.5) is 0 Å². The topological polar surface area (TPSA) is 77.4 Å². The molecule has 1 N–H and O–H groups in total. The molecule has 0 fully saturated rings. The zero-order valence-electron chi connectivity index (χ0n) is 16.1. The predicted octanol–water partition coefficient (Wildman–Crippen LogP) is 1.77. The smallest absolute Gasteiger partial charge is 0.748 e. The molecule has 0 heterocycles. The summed E-state index contributed by atoms with van der Waals surface area (Å²) in [6.07, 6.45) is 12.7. The van der Waals surface area contributed by atoms with E-state index in [4.69, 9.17) is 0 Å². The minimum absolute atomic E-state index is 0. The van der Waals surface area contributed by atoms with Crippen molar-refractivity contribution in [3.8, 4) is 0 Å². The van der Waals surface area contributed by atoms with E-state index < -0.39 is 15.4 Å². The Morgan fingerprint density at radius 2 is 1.17 bits per heavy atom. The molecular formula is C18H37NaO4S. The zero-order valence-corrected chi connectivity index (χ0v) is 19.0. The molecule has 0 aromatic heterocycles. The van der Waals surface area contributed by atoms with Crippen LogP contribution in [0.5, 0.6) is 0 Å². The SMILES string of the molecule is CCCCCC(CCCCCCCC(O)CCCC)S(=O)(=O)[O-].[Na+]. The van der Waals surface area contributed by atoms with Crippen LogP contribution in [0.15, 0.2) is 0 Å². The van der Waals surface area contributed by atoms with Crippen molar-refractivity contribution in [3.63, 3.8) is 0 Å². The van der Waals surface area contributed by atoms with Gasteiger partial charge in [-0.2, -0.15) is 0 Å². The Kier molecular flexibility index (Phi) is 19.5. The molecule has 4 nitrogen and oxygen atoms in total. The molecule has 0 amide bonds. The summed E-state index contributed by atoms with van der Waals surface area (Å²) in [5.41, 5.74) is 0. The van der Waals surface area contributed by atoms with Crippen LogP contribution in [0.25, 0.3) is 0 Å². The molecule has 0 aliphatic heterocycles. The van der Waals surface area contributed by atoms with Crippen molar-refractivity contribution in [2.45, 2.75) is 115 Å². The van der Waals surface area contributed by atoms with Gasteiger partial charge in [-0.05, 0) is 25.7 Å². The minimum Gasteiger partial charge on any atom is -0.748 e. The van der Waals surface area contributed by atoms with E-state index in [0.29, 0.717) is 12.8 Å². The first kappa shape index (κ1) is 27.1. The maximum Gasteiger partial charge on any atom is 1.00 e. The average molecular weight is 373 g/mol. The van der Waals surface area contributed by atoms with Crippen LogP contribution in [0.1, 0.15) is 104 Å². The molecular weight excluding hydrogens is 335 g/mol. The molecule has 0 saturated heterocycles. The van der Waals surface area contributed by atoms with Gasteiger partial charge in [-0.1, -0.05) is 78.1 Å². The van der Waals surface area contributed by atoms with Gasteiger partial charge < -0.3 is 9.66 Å². The van der Waals surface area contributed by atoms with E-state index in [1.807, 2.05) is 0 Å².